The second-order valence-electron chi connectivity index (χ2n) is 6.03. The van der Waals surface area contributed by atoms with Crippen molar-refractivity contribution in [3.8, 4) is 0 Å². The molecule has 0 unspecified atom stereocenters. The monoisotopic (exact) mass is 340 g/mol. The Bertz CT molecular complexity index is 742. The van der Waals surface area contributed by atoms with Crippen molar-refractivity contribution in [1.82, 2.24) is 4.98 Å². The lowest BCUT2D eigenvalue weighted by Gasteiger charge is -2.28. The molecule has 1 saturated carbocycles. The van der Waals surface area contributed by atoms with Gasteiger partial charge in [-0.2, -0.15) is 0 Å². The standard InChI is InChI=1S/C19H20N2O4/c22-18(23)16-11-6-12-20-17(16)21(15-9-4-5-10-15)19(24)25-13-14-7-2-1-3-8-14/h1-3,6-8,11-12,15H,4-5,9-10,13H2,(H,22,23). The number of carboxylic acids is 1. The number of anilines is 1. The number of pyridine rings is 1. The summed E-state index contributed by atoms with van der Waals surface area (Å²) in [7, 11) is 0. The van der Waals surface area contributed by atoms with Gasteiger partial charge < -0.3 is 9.84 Å². The van der Waals surface area contributed by atoms with Crippen molar-refractivity contribution in [3.05, 3.63) is 59.8 Å². The summed E-state index contributed by atoms with van der Waals surface area (Å²) in [6.45, 7) is 0.137. The van der Waals surface area contributed by atoms with Crippen LogP contribution in [0.4, 0.5) is 10.6 Å². The van der Waals surface area contributed by atoms with Gasteiger partial charge in [-0.3, -0.25) is 4.90 Å². The van der Waals surface area contributed by atoms with Crippen LogP contribution in [-0.4, -0.2) is 28.2 Å². The minimum Gasteiger partial charge on any atom is -0.478 e. The highest BCUT2D eigenvalue weighted by Crippen LogP contribution is 2.30. The number of carbonyl (C=O) groups is 2. The molecule has 1 heterocycles. The molecule has 1 aliphatic carbocycles. The molecule has 0 saturated heterocycles. The predicted octanol–water partition coefficient (Wildman–Crippen LogP) is 3.87. The van der Waals surface area contributed by atoms with Crippen LogP contribution in [0.3, 0.4) is 0 Å². The highest BCUT2D eigenvalue weighted by molar-refractivity contribution is 5.98. The Labute approximate surface area is 146 Å². The van der Waals surface area contributed by atoms with Crippen molar-refractivity contribution in [2.24, 2.45) is 0 Å². The van der Waals surface area contributed by atoms with Crippen LogP contribution in [0, 0.1) is 0 Å². The van der Waals surface area contributed by atoms with E-state index in [2.05, 4.69) is 4.98 Å². The molecule has 0 radical (unpaired) electrons. The fourth-order valence-corrected chi connectivity index (χ4v) is 3.12. The summed E-state index contributed by atoms with van der Waals surface area (Å²) in [5.74, 6) is -0.957. The maximum atomic E-state index is 12.7. The Balaban J connectivity index is 1.85. The Morgan fingerprint density at radius 2 is 1.84 bits per heavy atom. The van der Waals surface area contributed by atoms with Crippen molar-refractivity contribution in [2.45, 2.75) is 38.3 Å². The van der Waals surface area contributed by atoms with E-state index in [-0.39, 0.29) is 24.0 Å². The average molecular weight is 340 g/mol. The molecule has 1 aliphatic rings. The molecule has 1 fully saturated rings. The number of ether oxygens (including phenoxy) is 1. The molecule has 3 rings (SSSR count). The number of benzene rings is 1. The number of hydrogen-bond donors (Lipinski definition) is 1. The van der Waals surface area contributed by atoms with Gasteiger partial charge in [-0.05, 0) is 30.5 Å². The fourth-order valence-electron chi connectivity index (χ4n) is 3.12. The number of nitrogens with zero attached hydrogens (tertiary/aromatic N) is 2. The van der Waals surface area contributed by atoms with E-state index in [0.29, 0.717) is 0 Å². The largest absolute Gasteiger partial charge is 0.478 e. The van der Waals surface area contributed by atoms with Gasteiger partial charge in [0.05, 0.1) is 0 Å². The van der Waals surface area contributed by atoms with Gasteiger partial charge in [0.25, 0.3) is 0 Å². The molecular formula is C19H20N2O4. The summed E-state index contributed by atoms with van der Waals surface area (Å²) in [6, 6.07) is 12.3. The van der Waals surface area contributed by atoms with E-state index in [0.717, 1.165) is 31.2 Å². The Hall–Kier alpha value is -2.89. The van der Waals surface area contributed by atoms with Crippen LogP contribution >= 0.6 is 0 Å². The highest BCUT2D eigenvalue weighted by atomic mass is 16.6. The van der Waals surface area contributed by atoms with Gasteiger partial charge in [-0.25, -0.2) is 14.6 Å². The van der Waals surface area contributed by atoms with Gasteiger partial charge in [-0.15, -0.1) is 0 Å². The zero-order valence-electron chi connectivity index (χ0n) is 13.8. The fraction of sp³-hybridized carbons (Fsp3) is 0.316. The molecule has 0 spiro atoms. The number of hydrogen-bond acceptors (Lipinski definition) is 4. The molecule has 0 bridgehead atoms. The summed E-state index contributed by atoms with van der Waals surface area (Å²) in [5.41, 5.74) is 0.882. The van der Waals surface area contributed by atoms with Crippen molar-refractivity contribution < 1.29 is 19.4 Å². The van der Waals surface area contributed by atoms with Crippen LogP contribution in [0.1, 0.15) is 41.6 Å². The number of aromatic carboxylic acids is 1. The summed E-state index contributed by atoms with van der Waals surface area (Å²) in [5, 5.41) is 9.43. The lowest BCUT2D eigenvalue weighted by atomic mass is 10.2. The second kappa shape index (κ2) is 7.79. The van der Waals surface area contributed by atoms with E-state index in [1.54, 1.807) is 6.07 Å². The molecule has 6 heteroatoms. The van der Waals surface area contributed by atoms with E-state index in [1.165, 1.54) is 17.2 Å². The van der Waals surface area contributed by atoms with Crippen LogP contribution in [0.25, 0.3) is 0 Å². The van der Waals surface area contributed by atoms with Gasteiger partial charge in [0.15, 0.2) is 5.82 Å². The van der Waals surface area contributed by atoms with E-state index in [9.17, 15) is 14.7 Å². The average Bonchev–Trinajstić information content (AvgIpc) is 3.15. The maximum absolute atomic E-state index is 12.7. The van der Waals surface area contributed by atoms with Crippen LogP contribution in [0.2, 0.25) is 0 Å². The Kier molecular flexibility index (Phi) is 5.28. The predicted molar refractivity (Wildman–Crippen MR) is 92.6 cm³/mol. The quantitative estimate of drug-likeness (QED) is 0.894. The van der Waals surface area contributed by atoms with E-state index < -0.39 is 12.1 Å². The summed E-state index contributed by atoms with van der Waals surface area (Å²) < 4.78 is 5.45. The molecule has 2 aromatic rings. The zero-order chi connectivity index (χ0) is 17.6. The minimum absolute atomic E-state index is 0.00561. The molecule has 25 heavy (non-hydrogen) atoms. The SMILES string of the molecule is O=C(O)c1cccnc1N(C(=O)OCc1ccccc1)C1CCCC1. The molecule has 0 atom stereocenters. The number of amides is 1. The maximum Gasteiger partial charge on any atom is 0.416 e. The number of rotatable bonds is 5. The minimum atomic E-state index is -1.11. The van der Waals surface area contributed by atoms with Crippen LogP contribution in [-0.2, 0) is 11.3 Å². The first-order valence-electron chi connectivity index (χ1n) is 8.35. The number of carboxylic acid groups (broad SMARTS) is 1. The van der Waals surface area contributed by atoms with E-state index in [4.69, 9.17) is 4.74 Å². The van der Waals surface area contributed by atoms with Gasteiger partial charge >= 0.3 is 12.1 Å². The van der Waals surface area contributed by atoms with Gasteiger partial charge in [-0.1, -0.05) is 43.2 Å². The summed E-state index contributed by atoms with van der Waals surface area (Å²) in [6.07, 6.45) is 4.57. The van der Waals surface area contributed by atoms with Crippen molar-refractivity contribution in [2.75, 3.05) is 4.90 Å². The Morgan fingerprint density at radius 3 is 2.52 bits per heavy atom. The van der Waals surface area contributed by atoms with E-state index in [1.807, 2.05) is 30.3 Å². The normalized spacial score (nSPS) is 14.2. The lowest BCUT2D eigenvalue weighted by molar-refractivity contribution is 0.0697. The molecular weight excluding hydrogens is 320 g/mol. The lowest BCUT2D eigenvalue weighted by Crippen LogP contribution is -2.40. The topological polar surface area (TPSA) is 79.7 Å². The first-order valence-corrected chi connectivity index (χ1v) is 8.35. The third-order valence-corrected chi connectivity index (χ3v) is 4.34. The number of carbonyl (C=O) groups excluding carboxylic acids is 1. The smallest absolute Gasteiger partial charge is 0.416 e. The first kappa shape index (κ1) is 17.0. The third kappa shape index (κ3) is 3.96. The van der Waals surface area contributed by atoms with Crippen LogP contribution < -0.4 is 4.90 Å². The van der Waals surface area contributed by atoms with Gasteiger partial charge in [0.2, 0.25) is 0 Å². The Morgan fingerprint density at radius 1 is 1.12 bits per heavy atom. The van der Waals surface area contributed by atoms with Crippen LogP contribution in [0.15, 0.2) is 48.7 Å². The first-order chi connectivity index (χ1) is 12.2. The van der Waals surface area contributed by atoms with Gasteiger partial charge in [0, 0.05) is 12.2 Å². The molecule has 1 N–H and O–H groups in total. The van der Waals surface area contributed by atoms with Crippen molar-refractivity contribution in [3.63, 3.8) is 0 Å². The molecule has 1 aromatic carbocycles. The molecule has 6 nitrogen and oxygen atoms in total. The molecule has 1 aromatic heterocycles. The van der Waals surface area contributed by atoms with Gasteiger partial charge in [0.1, 0.15) is 12.2 Å². The zero-order valence-corrected chi connectivity index (χ0v) is 13.8. The van der Waals surface area contributed by atoms with Crippen molar-refractivity contribution in [1.29, 1.82) is 0 Å². The summed E-state index contributed by atoms with van der Waals surface area (Å²) >= 11 is 0. The highest BCUT2D eigenvalue weighted by Gasteiger charge is 2.32. The molecule has 0 aliphatic heterocycles. The molecule has 1 amide bonds. The molecule has 130 valence electrons. The van der Waals surface area contributed by atoms with Crippen molar-refractivity contribution >= 4 is 17.9 Å². The summed E-state index contributed by atoms with van der Waals surface area (Å²) in [4.78, 5) is 29.9. The second-order valence-corrected chi connectivity index (χ2v) is 6.03. The van der Waals surface area contributed by atoms with E-state index >= 15 is 0 Å². The third-order valence-electron chi connectivity index (χ3n) is 4.34. The van der Waals surface area contributed by atoms with Crippen LogP contribution in [0.5, 0.6) is 0 Å². The number of aromatic nitrogens is 1.